The fraction of sp³-hybridized carbons (Fsp3) is 0.440. The van der Waals surface area contributed by atoms with Gasteiger partial charge in [0.2, 0.25) is 0 Å². The Morgan fingerprint density at radius 2 is 2.00 bits per heavy atom. The zero-order chi connectivity index (χ0) is 27.0. The number of nitrogens with zero attached hydrogens (tertiary/aromatic N) is 5. The summed E-state index contributed by atoms with van der Waals surface area (Å²) < 4.78 is 48.5. The zero-order valence-corrected chi connectivity index (χ0v) is 21.0. The zero-order valence-electron chi connectivity index (χ0n) is 21.0. The summed E-state index contributed by atoms with van der Waals surface area (Å²) in [6.07, 6.45) is -0.635. The Morgan fingerprint density at radius 3 is 2.59 bits per heavy atom. The number of anilines is 2. The number of alkyl halides is 3. The summed E-state index contributed by atoms with van der Waals surface area (Å²) in [5.74, 6) is -1.08. The number of aliphatic hydroxyl groups is 1. The predicted molar refractivity (Wildman–Crippen MR) is 131 cm³/mol. The smallest absolute Gasteiger partial charge is 0.390 e. The molecular formula is C25H29F3N6O3. The average Bonchev–Trinajstić information content (AvgIpc) is 3.51. The van der Waals surface area contributed by atoms with E-state index in [9.17, 15) is 23.1 Å². The van der Waals surface area contributed by atoms with Gasteiger partial charge in [-0.25, -0.2) is 9.97 Å². The van der Waals surface area contributed by atoms with Crippen molar-refractivity contribution in [2.24, 2.45) is 5.92 Å². The van der Waals surface area contributed by atoms with Crippen LogP contribution in [0.5, 0.6) is 0 Å². The number of methoxy groups -OCH3 is 1. The van der Waals surface area contributed by atoms with Crippen LogP contribution < -0.4 is 10.2 Å². The summed E-state index contributed by atoms with van der Waals surface area (Å²) in [5.41, 5.74) is -1.30. The molecule has 0 aliphatic carbocycles. The van der Waals surface area contributed by atoms with E-state index < -0.39 is 29.1 Å². The third-order valence-corrected chi connectivity index (χ3v) is 6.47. The number of carbonyl (C=O) groups is 1. The molecule has 4 heterocycles. The van der Waals surface area contributed by atoms with Crippen LogP contribution in [0.3, 0.4) is 0 Å². The highest BCUT2D eigenvalue weighted by molar-refractivity contribution is 6.03. The highest BCUT2D eigenvalue weighted by Gasteiger charge is 2.42. The van der Waals surface area contributed by atoms with Crippen LogP contribution in [0, 0.1) is 5.92 Å². The maximum absolute atomic E-state index is 13.8. The van der Waals surface area contributed by atoms with E-state index >= 15 is 0 Å². The summed E-state index contributed by atoms with van der Waals surface area (Å²) >= 11 is 0. The maximum atomic E-state index is 13.8. The molecule has 1 amide bonds. The largest absolute Gasteiger partial charge is 0.435 e. The third-order valence-electron chi connectivity index (χ3n) is 6.47. The lowest BCUT2D eigenvalue weighted by Crippen LogP contribution is -2.39. The second-order valence-electron chi connectivity index (χ2n) is 9.47. The van der Waals surface area contributed by atoms with Crippen molar-refractivity contribution >= 4 is 17.3 Å². The molecule has 4 rings (SSSR count). The standard InChI is InChI=1S/C25H29F3N6O3/c1-5-34-12-15(10-30-34)18-7-6-8-19(31-18)23(35)32-20-9-16(11-29-22(20)25(26,27)28)33-13-17(24(2,3)36)21(14-33)37-4/h6-12,17,21,36H,5,13-14H2,1-4H3,(H,32,35)/t17-,21-/m0/s1. The Morgan fingerprint density at radius 1 is 1.24 bits per heavy atom. The fourth-order valence-corrected chi connectivity index (χ4v) is 4.43. The number of pyridine rings is 2. The first kappa shape index (κ1) is 26.6. The quantitative estimate of drug-likeness (QED) is 0.490. The molecule has 0 saturated carbocycles. The first-order chi connectivity index (χ1) is 17.4. The van der Waals surface area contributed by atoms with Gasteiger partial charge in [-0.05, 0) is 39.0 Å². The second kappa shape index (κ2) is 10.1. The number of aromatic nitrogens is 4. The molecule has 3 aromatic heterocycles. The van der Waals surface area contributed by atoms with Crippen LogP contribution in [-0.4, -0.2) is 62.7 Å². The number of rotatable bonds is 7. The molecule has 0 spiro atoms. The summed E-state index contributed by atoms with van der Waals surface area (Å²) in [6.45, 7) is 6.60. The summed E-state index contributed by atoms with van der Waals surface area (Å²) in [7, 11) is 1.53. The highest BCUT2D eigenvalue weighted by Crippen LogP contribution is 2.38. The van der Waals surface area contributed by atoms with Gasteiger partial charge in [0.05, 0.1) is 41.2 Å². The molecular weight excluding hydrogens is 489 g/mol. The first-order valence-corrected chi connectivity index (χ1v) is 11.8. The molecule has 0 radical (unpaired) electrons. The van der Waals surface area contributed by atoms with E-state index in [0.29, 0.717) is 36.6 Å². The lowest BCUT2D eigenvalue weighted by Gasteiger charge is -2.29. The van der Waals surface area contributed by atoms with Gasteiger partial charge in [-0.1, -0.05) is 6.07 Å². The minimum absolute atomic E-state index is 0.0528. The van der Waals surface area contributed by atoms with Crippen molar-refractivity contribution in [1.82, 2.24) is 19.7 Å². The van der Waals surface area contributed by atoms with E-state index in [4.69, 9.17) is 4.74 Å². The Kier molecular flexibility index (Phi) is 7.24. The van der Waals surface area contributed by atoms with Crippen molar-refractivity contribution in [2.75, 3.05) is 30.4 Å². The molecule has 37 heavy (non-hydrogen) atoms. The lowest BCUT2D eigenvalue weighted by atomic mass is 9.88. The number of hydrogen-bond donors (Lipinski definition) is 2. The fourth-order valence-electron chi connectivity index (χ4n) is 4.43. The van der Waals surface area contributed by atoms with Gasteiger partial charge in [0.15, 0.2) is 5.69 Å². The third kappa shape index (κ3) is 5.75. The molecule has 1 aliphatic heterocycles. The van der Waals surface area contributed by atoms with E-state index in [1.165, 1.54) is 19.2 Å². The van der Waals surface area contributed by atoms with Crippen molar-refractivity contribution in [3.05, 3.63) is 54.2 Å². The molecule has 1 aliphatic rings. The van der Waals surface area contributed by atoms with Crippen LogP contribution in [0.25, 0.3) is 11.3 Å². The molecule has 1 fully saturated rings. The molecule has 2 atom stereocenters. The van der Waals surface area contributed by atoms with E-state index in [-0.39, 0.29) is 17.7 Å². The Bertz CT molecular complexity index is 1270. The lowest BCUT2D eigenvalue weighted by molar-refractivity contribution is -0.140. The highest BCUT2D eigenvalue weighted by atomic mass is 19.4. The van der Waals surface area contributed by atoms with Crippen LogP contribution in [-0.2, 0) is 17.5 Å². The molecule has 2 N–H and O–H groups in total. The van der Waals surface area contributed by atoms with Gasteiger partial charge in [0, 0.05) is 44.4 Å². The molecule has 0 unspecified atom stereocenters. The molecule has 12 heteroatoms. The van der Waals surface area contributed by atoms with E-state index in [2.05, 4.69) is 20.4 Å². The van der Waals surface area contributed by atoms with E-state index in [1.807, 2.05) is 6.92 Å². The van der Waals surface area contributed by atoms with Gasteiger partial charge < -0.3 is 20.1 Å². The Hall–Kier alpha value is -3.51. The SMILES string of the molecule is CCn1cc(-c2cccc(C(=O)Nc3cc(N4C[C@H](OC)[C@@H](C(C)(C)O)C4)cnc3C(F)(F)F)n2)cn1. The van der Waals surface area contributed by atoms with Crippen molar-refractivity contribution < 1.29 is 27.8 Å². The van der Waals surface area contributed by atoms with Gasteiger partial charge in [-0.15, -0.1) is 0 Å². The number of halogens is 3. The van der Waals surface area contributed by atoms with Crippen molar-refractivity contribution in [1.29, 1.82) is 0 Å². The molecule has 198 valence electrons. The normalized spacial score (nSPS) is 18.3. The average molecular weight is 519 g/mol. The van der Waals surface area contributed by atoms with Crippen molar-refractivity contribution in [3.63, 3.8) is 0 Å². The molecule has 0 bridgehead atoms. The topological polar surface area (TPSA) is 105 Å². The van der Waals surface area contributed by atoms with Crippen LogP contribution in [0.2, 0.25) is 0 Å². The minimum Gasteiger partial charge on any atom is -0.390 e. The summed E-state index contributed by atoms with van der Waals surface area (Å²) in [5, 5.41) is 17.0. The number of aryl methyl sites for hydroxylation is 1. The van der Waals surface area contributed by atoms with Crippen LogP contribution >= 0.6 is 0 Å². The van der Waals surface area contributed by atoms with Gasteiger partial charge in [0.1, 0.15) is 5.69 Å². The minimum atomic E-state index is -4.79. The Balaban J connectivity index is 1.63. The second-order valence-corrected chi connectivity index (χ2v) is 9.47. The monoisotopic (exact) mass is 518 g/mol. The van der Waals surface area contributed by atoms with Gasteiger partial charge in [-0.2, -0.15) is 18.3 Å². The Labute approximate surface area is 212 Å². The molecule has 9 nitrogen and oxygen atoms in total. The van der Waals surface area contributed by atoms with E-state index in [0.717, 1.165) is 6.20 Å². The van der Waals surface area contributed by atoms with Gasteiger partial charge >= 0.3 is 6.18 Å². The van der Waals surface area contributed by atoms with Gasteiger partial charge in [0.25, 0.3) is 5.91 Å². The van der Waals surface area contributed by atoms with Crippen LogP contribution in [0.1, 0.15) is 37.0 Å². The van der Waals surface area contributed by atoms with Crippen molar-refractivity contribution in [2.45, 2.75) is 45.2 Å². The van der Waals surface area contributed by atoms with Crippen LogP contribution in [0.15, 0.2) is 42.9 Å². The number of carbonyl (C=O) groups excluding carboxylic acids is 1. The molecule has 1 saturated heterocycles. The summed E-state index contributed by atoms with van der Waals surface area (Å²) in [4.78, 5) is 22.7. The molecule has 3 aromatic rings. The van der Waals surface area contributed by atoms with E-state index in [1.54, 1.807) is 48.0 Å². The first-order valence-electron chi connectivity index (χ1n) is 11.8. The molecule has 0 aromatic carbocycles. The number of nitrogens with one attached hydrogen (secondary N) is 1. The number of ether oxygens (including phenoxy) is 1. The van der Waals surface area contributed by atoms with Gasteiger partial charge in [-0.3, -0.25) is 9.48 Å². The number of hydrogen-bond acceptors (Lipinski definition) is 7. The van der Waals surface area contributed by atoms with Crippen LogP contribution in [0.4, 0.5) is 24.5 Å². The predicted octanol–water partition coefficient (Wildman–Crippen LogP) is 3.85. The number of amides is 1. The summed E-state index contributed by atoms with van der Waals surface area (Å²) in [6, 6.07) is 5.95. The maximum Gasteiger partial charge on any atom is 0.435 e. The van der Waals surface area contributed by atoms with Crippen molar-refractivity contribution in [3.8, 4) is 11.3 Å².